The third-order valence-electron chi connectivity index (χ3n) is 2.66. The number of carbonyl (C=O) groups excluding carboxylic acids is 1. The maximum Gasteiger partial charge on any atom is 0.253 e. The number of amides is 1. The Morgan fingerprint density at radius 1 is 1.50 bits per heavy atom. The number of aromatic amines is 1. The topological polar surface area (TPSA) is 69.2 Å². The fourth-order valence-electron chi connectivity index (χ4n) is 1.95. The van der Waals surface area contributed by atoms with Gasteiger partial charge in [0.15, 0.2) is 0 Å². The fourth-order valence-corrected chi connectivity index (χ4v) is 1.95. The first kappa shape index (κ1) is 12.6. The highest BCUT2D eigenvalue weighted by atomic mass is 16.3. The molecule has 18 heavy (non-hydrogen) atoms. The number of fused-ring (bicyclic) bond motifs is 1. The summed E-state index contributed by atoms with van der Waals surface area (Å²) in [5.74, 6) is -0.111. The number of aliphatic hydroxyl groups is 1. The van der Waals surface area contributed by atoms with E-state index >= 15 is 0 Å². The van der Waals surface area contributed by atoms with E-state index in [1.165, 1.54) is 4.90 Å². The molecule has 1 aromatic carbocycles. The van der Waals surface area contributed by atoms with E-state index < -0.39 is 5.60 Å². The molecule has 1 amide bonds. The van der Waals surface area contributed by atoms with Gasteiger partial charge in [-0.05, 0) is 32.0 Å². The molecule has 0 aliphatic heterocycles. The first-order valence-electron chi connectivity index (χ1n) is 5.78. The zero-order valence-electron chi connectivity index (χ0n) is 10.8. The molecule has 96 valence electrons. The summed E-state index contributed by atoms with van der Waals surface area (Å²) in [6, 6.07) is 5.37. The molecule has 1 heterocycles. The molecule has 0 fully saturated rings. The summed E-state index contributed by atoms with van der Waals surface area (Å²) in [5.41, 5.74) is 0.594. The van der Waals surface area contributed by atoms with Crippen LogP contribution < -0.4 is 0 Å². The molecule has 2 aromatic rings. The third kappa shape index (κ3) is 2.68. The summed E-state index contributed by atoms with van der Waals surface area (Å²) < 4.78 is 0. The summed E-state index contributed by atoms with van der Waals surface area (Å²) in [6.45, 7) is 3.64. The van der Waals surface area contributed by atoms with Crippen molar-refractivity contribution in [1.29, 1.82) is 0 Å². The summed E-state index contributed by atoms with van der Waals surface area (Å²) in [6.07, 6.45) is 1.68. The number of hydrogen-bond donors (Lipinski definition) is 2. The van der Waals surface area contributed by atoms with Gasteiger partial charge in [-0.2, -0.15) is 5.10 Å². The first-order chi connectivity index (χ1) is 8.37. The van der Waals surface area contributed by atoms with Gasteiger partial charge in [0.2, 0.25) is 0 Å². The van der Waals surface area contributed by atoms with Gasteiger partial charge in [-0.3, -0.25) is 9.89 Å². The highest BCUT2D eigenvalue weighted by Gasteiger charge is 2.20. The first-order valence-corrected chi connectivity index (χ1v) is 5.78. The highest BCUT2D eigenvalue weighted by molar-refractivity contribution is 5.97. The largest absolute Gasteiger partial charge is 0.389 e. The molecule has 0 atom stereocenters. The minimum atomic E-state index is -0.899. The van der Waals surface area contributed by atoms with Crippen LogP contribution in [-0.4, -0.2) is 45.3 Å². The molecule has 0 unspecified atom stereocenters. The number of carbonyl (C=O) groups is 1. The molecule has 0 radical (unpaired) electrons. The number of nitrogens with one attached hydrogen (secondary N) is 1. The van der Waals surface area contributed by atoms with Crippen LogP contribution >= 0.6 is 0 Å². The number of H-pyrrole nitrogens is 1. The molecule has 0 aliphatic carbocycles. The highest BCUT2D eigenvalue weighted by Crippen LogP contribution is 2.15. The van der Waals surface area contributed by atoms with Crippen molar-refractivity contribution in [3.05, 3.63) is 30.0 Å². The van der Waals surface area contributed by atoms with Crippen molar-refractivity contribution in [3.8, 4) is 0 Å². The van der Waals surface area contributed by atoms with Crippen molar-refractivity contribution in [2.75, 3.05) is 13.6 Å². The van der Waals surface area contributed by atoms with Crippen molar-refractivity contribution in [1.82, 2.24) is 15.1 Å². The van der Waals surface area contributed by atoms with Crippen LogP contribution in [0.25, 0.3) is 10.9 Å². The van der Waals surface area contributed by atoms with Crippen LogP contribution in [0, 0.1) is 0 Å². The Hall–Kier alpha value is -1.88. The zero-order valence-corrected chi connectivity index (χ0v) is 10.8. The molecule has 0 aliphatic rings. The van der Waals surface area contributed by atoms with Crippen molar-refractivity contribution in [2.45, 2.75) is 19.4 Å². The fraction of sp³-hybridized carbons (Fsp3) is 0.385. The van der Waals surface area contributed by atoms with Gasteiger partial charge in [-0.25, -0.2) is 0 Å². The van der Waals surface area contributed by atoms with E-state index in [0.29, 0.717) is 5.56 Å². The lowest BCUT2D eigenvalue weighted by Gasteiger charge is -2.25. The van der Waals surface area contributed by atoms with Crippen LogP contribution in [0.5, 0.6) is 0 Å². The van der Waals surface area contributed by atoms with Crippen molar-refractivity contribution < 1.29 is 9.90 Å². The third-order valence-corrected chi connectivity index (χ3v) is 2.66. The second kappa shape index (κ2) is 4.42. The molecule has 0 saturated heterocycles. The van der Waals surface area contributed by atoms with Crippen LogP contribution in [0.15, 0.2) is 24.4 Å². The Labute approximate surface area is 105 Å². The summed E-state index contributed by atoms with van der Waals surface area (Å²) in [7, 11) is 1.68. The Kier molecular flexibility index (Phi) is 3.09. The second-order valence-corrected chi connectivity index (χ2v) is 5.15. The van der Waals surface area contributed by atoms with E-state index in [9.17, 15) is 9.90 Å². The smallest absolute Gasteiger partial charge is 0.253 e. The van der Waals surface area contributed by atoms with E-state index in [1.807, 2.05) is 6.07 Å². The minimum Gasteiger partial charge on any atom is -0.389 e. The maximum absolute atomic E-state index is 12.2. The molecule has 2 N–H and O–H groups in total. The zero-order chi connectivity index (χ0) is 13.3. The van der Waals surface area contributed by atoms with Crippen molar-refractivity contribution in [3.63, 3.8) is 0 Å². The summed E-state index contributed by atoms with van der Waals surface area (Å²) in [5, 5.41) is 17.4. The van der Waals surface area contributed by atoms with Gasteiger partial charge in [0.05, 0.1) is 17.3 Å². The van der Waals surface area contributed by atoms with Crippen LogP contribution in [0.3, 0.4) is 0 Å². The van der Waals surface area contributed by atoms with E-state index in [-0.39, 0.29) is 12.5 Å². The van der Waals surface area contributed by atoms with Gasteiger partial charge < -0.3 is 10.0 Å². The van der Waals surface area contributed by atoms with E-state index in [2.05, 4.69) is 10.2 Å². The quantitative estimate of drug-likeness (QED) is 0.861. The van der Waals surface area contributed by atoms with Crippen LogP contribution in [0.4, 0.5) is 0 Å². The van der Waals surface area contributed by atoms with Gasteiger partial charge in [-0.1, -0.05) is 0 Å². The lowest BCUT2D eigenvalue weighted by molar-refractivity contribution is 0.0368. The van der Waals surface area contributed by atoms with Gasteiger partial charge in [0.25, 0.3) is 5.91 Å². The molecule has 5 heteroatoms. The van der Waals surface area contributed by atoms with Crippen molar-refractivity contribution in [2.24, 2.45) is 0 Å². The van der Waals surface area contributed by atoms with E-state index in [0.717, 1.165) is 10.9 Å². The van der Waals surface area contributed by atoms with E-state index in [1.54, 1.807) is 39.2 Å². The standard InChI is InChI=1S/C13H17N3O2/c1-13(2,18)8-16(3)12(17)9-4-5-11-10(6-9)7-14-15-11/h4-7,18H,8H2,1-3H3,(H,14,15). The molecule has 2 rings (SSSR count). The number of nitrogens with zero attached hydrogens (tertiary/aromatic N) is 2. The second-order valence-electron chi connectivity index (χ2n) is 5.15. The van der Waals surface area contributed by atoms with Crippen LogP contribution in [0.1, 0.15) is 24.2 Å². The number of likely N-dealkylation sites (N-methyl/N-ethyl adjacent to an activating group) is 1. The lowest BCUT2D eigenvalue weighted by Crippen LogP contribution is -2.39. The summed E-state index contributed by atoms with van der Waals surface area (Å²) in [4.78, 5) is 13.7. The van der Waals surface area contributed by atoms with Crippen LogP contribution in [0.2, 0.25) is 0 Å². The maximum atomic E-state index is 12.2. The average Bonchev–Trinajstić information content (AvgIpc) is 2.72. The van der Waals surface area contributed by atoms with Gasteiger partial charge in [0.1, 0.15) is 0 Å². The lowest BCUT2D eigenvalue weighted by atomic mass is 10.1. The SMILES string of the molecule is CN(CC(C)(C)O)C(=O)c1ccc2[nH]ncc2c1. The van der Waals surface area contributed by atoms with Gasteiger partial charge in [0, 0.05) is 24.5 Å². The predicted molar refractivity (Wildman–Crippen MR) is 69.4 cm³/mol. The number of aromatic nitrogens is 2. The monoisotopic (exact) mass is 247 g/mol. The van der Waals surface area contributed by atoms with Gasteiger partial charge >= 0.3 is 0 Å². The molecule has 5 nitrogen and oxygen atoms in total. The Morgan fingerprint density at radius 3 is 2.89 bits per heavy atom. The molecule has 0 spiro atoms. The molecular weight excluding hydrogens is 230 g/mol. The number of benzene rings is 1. The normalized spacial score (nSPS) is 11.8. The number of hydrogen-bond acceptors (Lipinski definition) is 3. The minimum absolute atomic E-state index is 0.111. The molecule has 1 aromatic heterocycles. The molecular formula is C13H17N3O2. The average molecular weight is 247 g/mol. The Morgan fingerprint density at radius 2 is 2.22 bits per heavy atom. The van der Waals surface area contributed by atoms with Gasteiger partial charge in [-0.15, -0.1) is 0 Å². The molecule has 0 bridgehead atoms. The predicted octanol–water partition coefficient (Wildman–Crippen LogP) is 1.41. The number of rotatable bonds is 3. The van der Waals surface area contributed by atoms with Crippen LogP contribution in [-0.2, 0) is 0 Å². The summed E-state index contributed by atoms with van der Waals surface area (Å²) >= 11 is 0. The van der Waals surface area contributed by atoms with Crippen molar-refractivity contribution >= 4 is 16.8 Å². The molecule has 0 saturated carbocycles. The van der Waals surface area contributed by atoms with E-state index in [4.69, 9.17) is 0 Å². The Balaban J connectivity index is 2.22. The Bertz CT molecular complexity index is 569.